The summed E-state index contributed by atoms with van der Waals surface area (Å²) in [5, 5.41) is 0. The first kappa shape index (κ1) is 34.6. The van der Waals surface area contributed by atoms with E-state index in [9.17, 15) is 0 Å². The molecule has 0 amide bonds. The van der Waals surface area contributed by atoms with Gasteiger partial charge in [0.05, 0.1) is 0 Å². The van der Waals surface area contributed by atoms with E-state index in [-0.39, 0.29) is 21.1 Å². The predicted molar refractivity (Wildman–Crippen MR) is 185 cm³/mol. The molecule has 0 aromatic heterocycles. The predicted octanol–water partition coefficient (Wildman–Crippen LogP) is 11.7. The minimum atomic E-state index is -2.86. The van der Waals surface area contributed by atoms with Gasteiger partial charge in [0.25, 0.3) is 0 Å². The molecule has 2 aliphatic rings. The zero-order valence-electron chi connectivity index (χ0n) is 26.6. The van der Waals surface area contributed by atoms with E-state index in [1.807, 2.05) is 0 Å². The van der Waals surface area contributed by atoms with Crippen LogP contribution in [-0.2, 0) is 28.2 Å². The van der Waals surface area contributed by atoms with Gasteiger partial charge in [-0.1, -0.05) is 0 Å². The Bertz CT molecular complexity index is 1150. The second-order valence-corrected chi connectivity index (χ2v) is 30.8. The first-order valence-corrected chi connectivity index (χ1v) is 29.1. The molecule has 4 rings (SSSR count). The molecular weight excluding hydrogens is 671 g/mol. The molecule has 0 saturated carbocycles. The second kappa shape index (κ2) is 15.3. The Hall–Kier alpha value is -0.263. The fraction of sp³-hybridized carbons (Fsp3) is 0.543. The summed E-state index contributed by atoms with van der Waals surface area (Å²) >= 11 is -2.86. The summed E-state index contributed by atoms with van der Waals surface area (Å²) in [7, 11) is 10.5. The zero-order valence-corrected chi connectivity index (χ0v) is 32.6. The quantitative estimate of drug-likeness (QED) is 0.151. The van der Waals surface area contributed by atoms with Gasteiger partial charge in [-0.2, -0.15) is 0 Å². The number of halogens is 2. The Morgan fingerprint density at radius 3 is 1.60 bits per heavy atom. The van der Waals surface area contributed by atoms with Crippen LogP contribution in [0, 0.1) is 5.41 Å². The van der Waals surface area contributed by atoms with Gasteiger partial charge in [-0.25, -0.2) is 0 Å². The fourth-order valence-electron chi connectivity index (χ4n) is 7.69. The Kier molecular flexibility index (Phi) is 12.6. The molecule has 0 saturated heterocycles. The number of fused-ring (bicyclic) bond motifs is 2. The summed E-state index contributed by atoms with van der Waals surface area (Å²) in [6, 6.07) is 24.7. The third-order valence-corrected chi connectivity index (χ3v) is 25.7. The van der Waals surface area contributed by atoms with Gasteiger partial charge >= 0.3 is 275 Å². The standard InChI is InChI=1S/C35H51O2Si2.2ClH.Zr/c1-7-38(8-2,9-3)36-27-25-35(26-28-37-39(10-4,11-5)12-6,33-23-21-29-17-13-15-19-31(29)33)34-24-22-30-18-14-16-20-32(30)34;;;/h13-24,27,33-34H,7-12,25-26,28H2,1-6H3;2*1H;/q;;;+2/p-2. The van der Waals surface area contributed by atoms with Gasteiger partial charge in [0.15, 0.2) is 0 Å². The van der Waals surface area contributed by atoms with Crippen LogP contribution in [0.5, 0.6) is 0 Å². The van der Waals surface area contributed by atoms with E-state index in [0.29, 0.717) is 0 Å². The number of rotatable bonds is 17. The molecule has 2 aliphatic carbocycles. The van der Waals surface area contributed by atoms with E-state index >= 15 is 0 Å². The first-order valence-electron chi connectivity index (χ1n) is 16.3. The van der Waals surface area contributed by atoms with Crippen LogP contribution in [0.2, 0.25) is 36.3 Å². The van der Waals surface area contributed by atoms with Crippen LogP contribution in [0.4, 0.5) is 0 Å². The molecule has 0 radical (unpaired) electrons. The molecule has 2 aromatic rings. The molecule has 0 heterocycles. The maximum atomic E-state index is 7.29. The Morgan fingerprint density at radius 1 is 0.714 bits per heavy atom. The van der Waals surface area contributed by atoms with E-state index in [2.05, 4.69) is 114 Å². The van der Waals surface area contributed by atoms with Crippen LogP contribution in [0.1, 0.15) is 88.5 Å². The molecule has 0 fully saturated rings. The van der Waals surface area contributed by atoms with Crippen molar-refractivity contribution in [3.63, 3.8) is 0 Å². The molecule has 229 valence electrons. The summed E-state index contributed by atoms with van der Waals surface area (Å²) in [5.74, 6) is 0.476. The molecular formula is C35H51Cl2O2Si2Zr. The Morgan fingerprint density at radius 2 is 1.17 bits per heavy atom. The van der Waals surface area contributed by atoms with E-state index < -0.39 is 36.0 Å². The number of hydrogen-bond donors (Lipinski definition) is 0. The molecule has 0 bridgehead atoms. The monoisotopic (exact) mass is 719 g/mol. The normalized spacial score (nSPS) is 19.9. The number of benzene rings is 2. The van der Waals surface area contributed by atoms with Crippen molar-refractivity contribution in [2.45, 2.75) is 106 Å². The van der Waals surface area contributed by atoms with Crippen molar-refractivity contribution in [3.8, 4) is 0 Å². The van der Waals surface area contributed by atoms with E-state index in [0.717, 1.165) is 55.7 Å². The second-order valence-electron chi connectivity index (χ2n) is 12.4. The van der Waals surface area contributed by atoms with E-state index in [4.69, 9.17) is 25.9 Å². The summed E-state index contributed by atoms with van der Waals surface area (Å²) < 4.78 is 14.3. The van der Waals surface area contributed by atoms with Crippen molar-refractivity contribution in [2.24, 2.45) is 5.41 Å². The SMILES string of the molecule is CC[Si](CC)(CC)OCCC(C[CH](O[Si](CC)(CC)CC)[Zr]([Cl])[Cl])(C1C=Cc2ccccc21)C1C=Cc2ccccc21. The minimum absolute atomic E-state index is 0.0462. The van der Waals surface area contributed by atoms with Gasteiger partial charge in [-0.15, -0.1) is 0 Å². The van der Waals surface area contributed by atoms with Gasteiger partial charge in [-0.05, 0) is 0 Å². The van der Waals surface area contributed by atoms with E-state index in [1.54, 1.807) is 0 Å². The fourth-order valence-corrected chi connectivity index (χ4v) is 19.4. The summed E-state index contributed by atoms with van der Waals surface area (Å²) in [5.41, 5.74) is 5.32. The average molecular weight is 722 g/mol. The molecule has 2 nitrogen and oxygen atoms in total. The van der Waals surface area contributed by atoms with Gasteiger partial charge in [0.2, 0.25) is 0 Å². The summed E-state index contributed by atoms with van der Waals surface area (Å²) in [4.78, 5) is 0. The summed E-state index contributed by atoms with van der Waals surface area (Å²) in [6.07, 6.45) is 11.4. The third kappa shape index (κ3) is 7.09. The van der Waals surface area contributed by atoms with Crippen molar-refractivity contribution in [1.29, 1.82) is 0 Å². The number of hydrogen-bond acceptors (Lipinski definition) is 2. The van der Waals surface area contributed by atoms with Gasteiger partial charge in [-0.3, -0.25) is 0 Å². The molecule has 42 heavy (non-hydrogen) atoms. The number of allylic oxidation sites excluding steroid dienone is 2. The van der Waals surface area contributed by atoms with Gasteiger partial charge in [0, 0.05) is 0 Å². The zero-order chi connectivity index (χ0) is 30.4. The maximum absolute atomic E-state index is 7.29. The molecule has 7 heteroatoms. The van der Waals surface area contributed by atoms with Crippen LogP contribution < -0.4 is 0 Å². The molecule has 3 atom stereocenters. The average Bonchev–Trinajstić information content (AvgIpc) is 3.66. The Balaban J connectivity index is 1.86. The van der Waals surface area contributed by atoms with Gasteiger partial charge < -0.3 is 0 Å². The van der Waals surface area contributed by atoms with E-state index in [1.165, 1.54) is 22.3 Å². The molecule has 0 aliphatic heterocycles. The molecule has 2 aromatic carbocycles. The molecule has 0 spiro atoms. The van der Waals surface area contributed by atoms with Crippen LogP contribution in [0.3, 0.4) is 0 Å². The summed E-state index contributed by atoms with van der Waals surface area (Å²) in [6.45, 7) is 14.7. The molecule has 3 unspecified atom stereocenters. The third-order valence-electron chi connectivity index (χ3n) is 10.9. The van der Waals surface area contributed by atoms with Crippen LogP contribution in [0.25, 0.3) is 12.2 Å². The van der Waals surface area contributed by atoms with Crippen molar-refractivity contribution >= 4 is 45.8 Å². The Labute approximate surface area is 273 Å². The van der Waals surface area contributed by atoms with Gasteiger partial charge in [0.1, 0.15) is 0 Å². The molecule has 0 N–H and O–H groups in total. The van der Waals surface area contributed by atoms with Crippen molar-refractivity contribution in [3.05, 3.63) is 82.9 Å². The first-order chi connectivity index (χ1) is 20.3. The topological polar surface area (TPSA) is 18.5 Å². The van der Waals surface area contributed by atoms with Crippen molar-refractivity contribution in [1.82, 2.24) is 0 Å². The van der Waals surface area contributed by atoms with Crippen LogP contribution in [-0.4, -0.2) is 27.1 Å². The van der Waals surface area contributed by atoms with Crippen LogP contribution in [0.15, 0.2) is 60.7 Å². The van der Waals surface area contributed by atoms with Crippen LogP contribution >= 0.6 is 17.0 Å². The van der Waals surface area contributed by atoms with Crippen molar-refractivity contribution < 1.29 is 28.2 Å². The van der Waals surface area contributed by atoms with Crippen molar-refractivity contribution in [2.75, 3.05) is 6.61 Å².